The predicted molar refractivity (Wildman–Crippen MR) is 50.5 cm³/mol. The van der Waals surface area contributed by atoms with Crippen LogP contribution in [0.1, 0.15) is 5.56 Å². The van der Waals surface area contributed by atoms with E-state index in [0.29, 0.717) is 0 Å². The first-order valence-electron chi connectivity index (χ1n) is 3.98. The van der Waals surface area contributed by atoms with E-state index in [1.54, 1.807) is 12.7 Å². The largest absolute Gasteiger partial charge is 0.399 e. The minimum Gasteiger partial charge on any atom is -0.399 e. The topological polar surface area (TPSA) is 56.7 Å². The molecular formula is C9H10N4. The average Bonchev–Trinajstić information content (AvgIpc) is 2.61. The van der Waals surface area contributed by atoms with E-state index in [0.717, 1.165) is 16.9 Å². The molecule has 4 nitrogen and oxygen atoms in total. The summed E-state index contributed by atoms with van der Waals surface area (Å²) < 4.78 is 1.84. The summed E-state index contributed by atoms with van der Waals surface area (Å²) in [5.74, 6) is 0. The van der Waals surface area contributed by atoms with Gasteiger partial charge in [0.15, 0.2) is 0 Å². The Balaban J connectivity index is 2.57. The summed E-state index contributed by atoms with van der Waals surface area (Å²) in [5, 5.41) is 7.48. The van der Waals surface area contributed by atoms with Crippen molar-refractivity contribution in [3.05, 3.63) is 36.4 Å². The van der Waals surface area contributed by atoms with Gasteiger partial charge < -0.3 is 5.73 Å². The molecule has 0 aliphatic heterocycles. The van der Waals surface area contributed by atoms with E-state index >= 15 is 0 Å². The minimum atomic E-state index is 0.745. The van der Waals surface area contributed by atoms with Crippen LogP contribution in [0.4, 0.5) is 5.69 Å². The Hall–Kier alpha value is -1.84. The van der Waals surface area contributed by atoms with Crippen LogP contribution in [0.2, 0.25) is 0 Å². The van der Waals surface area contributed by atoms with E-state index < -0.39 is 0 Å². The van der Waals surface area contributed by atoms with Gasteiger partial charge in [-0.05, 0) is 24.6 Å². The van der Waals surface area contributed by atoms with E-state index in [1.807, 2.05) is 29.7 Å². The fourth-order valence-electron chi connectivity index (χ4n) is 1.23. The van der Waals surface area contributed by atoms with Crippen LogP contribution >= 0.6 is 0 Å². The van der Waals surface area contributed by atoms with Gasteiger partial charge in [0.05, 0.1) is 5.69 Å². The summed E-state index contributed by atoms with van der Waals surface area (Å²) in [6.07, 6.45) is 3.31. The summed E-state index contributed by atoms with van der Waals surface area (Å²) in [5.41, 5.74) is 8.59. The molecular weight excluding hydrogens is 164 g/mol. The van der Waals surface area contributed by atoms with Gasteiger partial charge in [0, 0.05) is 5.69 Å². The third kappa shape index (κ3) is 1.38. The van der Waals surface area contributed by atoms with Crippen LogP contribution in [-0.4, -0.2) is 14.8 Å². The van der Waals surface area contributed by atoms with E-state index in [-0.39, 0.29) is 0 Å². The molecule has 0 aliphatic carbocycles. The first-order chi connectivity index (χ1) is 6.27. The smallest absolute Gasteiger partial charge is 0.123 e. The van der Waals surface area contributed by atoms with Crippen molar-refractivity contribution in [3.8, 4) is 5.69 Å². The maximum Gasteiger partial charge on any atom is 0.123 e. The van der Waals surface area contributed by atoms with Crippen LogP contribution in [0.3, 0.4) is 0 Å². The Kier molecular flexibility index (Phi) is 1.73. The van der Waals surface area contributed by atoms with Gasteiger partial charge in [-0.3, -0.25) is 4.57 Å². The Bertz CT molecular complexity index is 406. The van der Waals surface area contributed by atoms with Crippen molar-refractivity contribution in [2.45, 2.75) is 6.92 Å². The Morgan fingerprint density at radius 3 is 2.62 bits per heavy atom. The first-order valence-corrected chi connectivity index (χ1v) is 3.98. The maximum absolute atomic E-state index is 5.68. The number of hydrogen-bond donors (Lipinski definition) is 1. The van der Waals surface area contributed by atoms with Gasteiger partial charge in [-0.1, -0.05) is 6.07 Å². The van der Waals surface area contributed by atoms with Crippen molar-refractivity contribution in [1.82, 2.24) is 14.8 Å². The maximum atomic E-state index is 5.68. The molecule has 4 heteroatoms. The number of rotatable bonds is 1. The third-order valence-corrected chi connectivity index (χ3v) is 1.93. The fourth-order valence-corrected chi connectivity index (χ4v) is 1.23. The zero-order chi connectivity index (χ0) is 9.26. The molecule has 0 bridgehead atoms. The standard InChI is InChI=1S/C9H10N4/c1-7-2-3-8(10)4-9(7)13-5-11-12-6-13/h2-6H,10H2,1H3. The van der Waals surface area contributed by atoms with Gasteiger partial charge in [-0.25, -0.2) is 0 Å². The molecule has 2 aromatic rings. The van der Waals surface area contributed by atoms with Crippen molar-refractivity contribution >= 4 is 5.69 Å². The van der Waals surface area contributed by atoms with Crippen LogP contribution in [0, 0.1) is 6.92 Å². The van der Waals surface area contributed by atoms with Crippen LogP contribution < -0.4 is 5.73 Å². The number of nitrogen functional groups attached to an aromatic ring is 1. The monoisotopic (exact) mass is 174 g/mol. The number of aryl methyl sites for hydroxylation is 1. The van der Waals surface area contributed by atoms with Crippen molar-refractivity contribution in [2.24, 2.45) is 0 Å². The molecule has 2 N–H and O–H groups in total. The lowest BCUT2D eigenvalue weighted by molar-refractivity contribution is 1.04. The van der Waals surface area contributed by atoms with Gasteiger partial charge in [0.1, 0.15) is 12.7 Å². The highest BCUT2D eigenvalue weighted by atomic mass is 15.2. The number of benzene rings is 1. The summed E-state index contributed by atoms with van der Waals surface area (Å²) in [4.78, 5) is 0. The lowest BCUT2D eigenvalue weighted by Gasteiger charge is -2.05. The minimum absolute atomic E-state index is 0.745. The van der Waals surface area contributed by atoms with Gasteiger partial charge in [-0.2, -0.15) is 0 Å². The van der Waals surface area contributed by atoms with Crippen molar-refractivity contribution in [1.29, 1.82) is 0 Å². The Morgan fingerprint density at radius 1 is 1.23 bits per heavy atom. The molecule has 66 valence electrons. The second kappa shape index (κ2) is 2.90. The zero-order valence-corrected chi connectivity index (χ0v) is 7.31. The average molecular weight is 174 g/mol. The number of anilines is 1. The Labute approximate surface area is 76.0 Å². The molecule has 0 fully saturated rings. The van der Waals surface area contributed by atoms with Crippen molar-refractivity contribution in [2.75, 3.05) is 5.73 Å². The van der Waals surface area contributed by atoms with E-state index in [1.165, 1.54) is 0 Å². The summed E-state index contributed by atoms with van der Waals surface area (Å²) in [6.45, 7) is 2.02. The molecule has 1 aromatic heterocycles. The van der Waals surface area contributed by atoms with Crippen molar-refractivity contribution in [3.63, 3.8) is 0 Å². The first kappa shape index (κ1) is 7.79. The second-order valence-electron chi connectivity index (χ2n) is 2.92. The van der Waals surface area contributed by atoms with Gasteiger partial charge in [-0.15, -0.1) is 10.2 Å². The van der Waals surface area contributed by atoms with E-state index in [2.05, 4.69) is 10.2 Å². The molecule has 13 heavy (non-hydrogen) atoms. The Morgan fingerprint density at radius 2 is 1.92 bits per heavy atom. The lowest BCUT2D eigenvalue weighted by Crippen LogP contribution is -1.95. The highest BCUT2D eigenvalue weighted by Gasteiger charge is 2.00. The van der Waals surface area contributed by atoms with Crippen LogP contribution in [0.15, 0.2) is 30.9 Å². The summed E-state index contributed by atoms with van der Waals surface area (Å²) >= 11 is 0. The SMILES string of the molecule is Cc1ccc(N)cc1-n1cnnc1. The molecule has 0 radical (unpaired) electrons. The van der Waals surface area contributed by atoms with Crippen molar-refractivity contribution < 1.29 is 0 Å². The van der Waals surface area contributed by atoms with Gasteiger partial charge >= 0.3 is 0 Å². The van der Waals surface area contributed by atoms with E-state index in [9.17, 15) is 0 Å². The molecule has 0 aliphatic rings. The molecule has 0 unspecified atom stereocenters. The molecule has 1 aromatic carbocycles. The molecule has 1 heterocycles. The number of aromatic nitrogens is 3. The zero-order valence-electron chi connectivity index (χ0n) is 7.31. The van der Waals surface area contributed by atoms with E-state index in [4.69, 9.17) is 5.73 Å². The van der Waals surface area contributed by atoms with Crippen LogP contribution in [0.25, 0.3) is 5.69 Å². The highest BCUT2D eigenvalue weighted by molar-refractivity contribution is 5.51. The normalized spacial score (nSPS) is 10.2. The number of hydrogen-bond acceptors (Lipinski definition) is 3. The lowest BCUT2D eigenvalue weighted by atomic mass is 10.2. The van der Waals surface area contributed by atoms with Crippen LogP contribution in [0.5, 0.6) is 0 Å². The van der Waals surface area contributed by atoms with Crippen LogP contribution in [-0.2, 0) is 0 Å². The molecule has 2 rings (SSSR count). The highest BCUT2D eigenvalue weighted by Crippen LogP contribution is 2.16. The quantitative estimate of drug-likeness (QED) is 0.660. The molecule has 0 saturated carbocycles. The van der Waals surface area contributed by atoms with Gasteiger partial charge in [0.25, 0.3) is 0 Å². The number of nitrogens with two attached hydrogens (primary N) is 1. The predicted octanol–water partition coefficient (Wildman–Crippen LogP) is 1.16. The molecule has 0 saturated heterocycles. The molecule has 0 amide bonds. The summed E-state index contributed by atoms with van der Waals surface area (Å²) in [6, 6.07) is 5.76. The summed E-state index contributed by atoms with van der Waals surface area (Å²) in [7, 11) is 0. The molecule has 0 atom stereocenters. The number of nitrogens with zero attached hydrogens (tertiary/aromatic N) is 3. The third-order valence-electron chi connectivity index (χ3n) is 1.93. The second-order valence-corrected chi connectivity index (χ2v) is 2.92. The molecule has 0 spiro atoms. The van der Waals surface area contributed by atoms with Gasteiger partial charge in [0.2, 0.25) is 0 Å². The fraction of sp³-hybridized carbons (Fsp3) is 0.111.